The molecule has 5 aromatic rings. The maximum atomic E-state index is 13.7. The van der Waals surface area contributed by atoms with E-state index < -0.39 is 43.0 Å². The number of phenols is 2. The van der Waals surface area contributed by atoms with E-state index in [1.54, 1.807) is 35.2 Å². The average molecular weight is 905 g/mol. The molecular formula is C47H57BN8O10. The first-order valence-corrected chi connectivity index (χ1v) is 22.0. The highest BCUT2D eigenvalue weighted by Crippen LogP contribution is 2.39. The van der Waals surface area contributed by atoms with Crippen molar-refractivity contribution in [2.45, 2.75) is 84.4 Å². The second-order valence-electron chi connectivity index (χ2n) is 17.1. The Kier molecular flexibility index (Phi) is 16.1. The van der Waals surface area contributed by atoms with E-state index in [-0.39, 0.29) is 66.0 Å². The molecule has 3 heterocycles. The predicted octanol–water partition coefficient (Wildman–Crippen LogP) is 3.93. The monoisotopic (exact) mass is 904 g/mol. The fourth-order valence-corrected chi connectivity index (χ4v) is 7.77. The fraction of sp³-hybridized carbons (Fsp3) is 0.383. The second-order valence-corrected chi connectivity index (χ2v) is 17.1. The summed E-state index contributed by atoms with van der Waals surface area (Å²) in [4.78, 5) is 61.9. The molecule has 6 rings (SSSR count). The molecule has 0 saturated carbocycles. The molecule has 19 heteroatoms. The van der Waals surface area contributed by atoms with Gasteiger partial charge in [-0.05, 0) is 66.6 Å². The van der Waals surface area contributed by atoms with Gasteiger partial charge in [-0.2, -0.15) is 0 Å². The smallest absolute Gasteiger partial charge is 0.475 e. The van der Waals surface area contributed by atoms with Gasteiger partial charge in [0.15, 0.2) is 5.82 Å². The molecule has 3 amide bonds. The zero-order valence-corrected chi connectivity index (χ0v) is 37.7. The van der Waals surface area contributed by atoms with Crippen LogP contribution in [0.5, 0.6) is 17.5 Å². The van der Waals surface area contributed by atoms with Crippen molar-refractivity contribution in [3.8, 4) is 45.8 Å². The normalized spacial score (nSPS) is 14.4. The molecule has 1 fully saturated rings. The van der Waals surface area contributed by atoms with E-state index >= 15 is 0 Å². The van der Waals surface area contributed by atoms with Crippen LogP contribution in [0.4, 0.5) is 0 Å². The number of carbonyl (C=O) groups excluding carboxylic acids is 4. The van der Waals surface area contributed by atoms with Crippen molar-refractivity contribution in [3.05, 3.63) is 102 Å². The highest BCUT2D eigenvalue weighted by molar-refractivity contribution is 6.43. The SMILES string of the molecule is CC(C)C[C@H](NC(=O)[C@@H](NC(=O)c1cccc(-c2ccccc2)n1)[C@@H](C)OC(=O)CCC(=O)N1CCN(Cc2ccc(-n3c(O)nnc3-c3cc(C(C)C)c(O)cc3O)cc2)CC1)B(O)O. The van der Waals surface area contributed by atoms with Gasteiger partial charge in [0.25, 0.3) is 5.91 Å². The number of hydrogen-bond donors (Lipinski definition) is 7. The predicted molar refractivity (Wildman–Crippen MR) is 245 cm³/mol. The van der Waals surface area contributed by atoms with Crippen LogP contribution in [0.2, 0.25) is 0 Å². The highest BCUT2D eigenvalue weighted by Gasteiger charge is 2.35. The van der Waals surface area contributed by atoms with Crippen LogP contribution >= 0.6 is 0 Å². The Labute approximate surface area is 383 Å². The number of pyridine rings is 1. The van der Waals surface area contributed by atoms with Gasteiger partial charge in [-0.1, -0.05) is 81.3 Å². The fourth-order valence-electron chi connectivity index (χ4n) is 7.77. The molecule has 2 aromatic heterocycles. The van der Waals surface area contributed by atoms with Gasteiger partial charge in [0.1, 0.15) is 29.3 Å². The molecule has 0 radical (unpaired) electrons. The minimum Gasteiger partial charge on any atom is -0.508 e. The van der Waals surface area contributed by atoms with E-state index in [0.29, 0.717) is 55.2 Å². The maximum Gasteiger partial charge on any atom is 0.475 e. The number of piperazine rings is 1. The van der Waals surface area contributed by atoms with E-state index in [1.165, 1.54) is 23.6 Å². The first kappa shape index (κ1) is 48.6. The van der Waals surface area contributed by atoms with E-state index in [2.05, 4.69) is 30.7 Å². The molecule has 7 N–H and O–H groups in total. The second kappa shape index (κ2) is 21.9. The lowest BCUT2D eigenvalue weighted by Gasteiger charge is -2.34. The Bertz CT molecular complexity index is 2480. The molecule has 0 bridgehead atoms. The molecule has 1 saturated heterocycles. The van der Waals surface area contributed by atoms with Crippen LogP contribution < -0.4 is 10.6 Å². The Balaban J connectivity index is 1.02. The standard InChI is InChI=1S/C47H57BN8O10/c1-28(2)24-40(48(64)65)50-46(62)43(51-45(61)37-13-9-12-36(49-37)32-10-7-6-8-11-32)30(5)66-42(60)19-18-41(59)55-22-20-54(21-23-55)27-31-14-16-33(17-15-31)56-44(52-53-47(56)63)35-25-34(29(3)4)38(57)26-39(35)58/h6-17,25-26,28-30,40,43,57-58,64-65H,18-24,27H2,1-5H3,(H,50,62)(H,51,61)(H,53,63)/t30-,40+,43+/m1/s1. The lowest BCUT2D eigenvalue weighted by atomic mass is 9.75. The Morgan fingerprint density at radius 2 is 1.48 bits per heavy atom. The van der Waals surface area contributed by atoms with Crippen molar-refractivity contribution >= 4 is 30.8 Å². The number of hydrogen-bond acceptors (Lipinski definition) is 14. The van der Waals surface area contributed by atoms with Crippen molar-refractivity contribution in [2.24, 2.45) is 5.92 Å². The van der Waals surface area contributed by atoms with Gasteiger partial charge >= 0.3 is 19.1 Å². The van der Waals surface area contributed by atoms with E-state index in [1.807, 2.05) is 70.2 Å². The average Bonchev–Trinajstić information content (AvgIpc) is 3.67. The van der Waals surface area contributed by atoms with Gasteiger partial charge < -0.3 is 45.6 Å². The summed E-state index contributed by atoms with van der Waals surface area (Å²) in [7, 11) is -1.89. The molecule has 18 nitrogen and oxygen atoms in total. The van der Waals surface area contributed by atoms with Crippen LogP contribution in [-0.4, -0.2) is 130 Å². The minimum absolute atomic E-state index is 0.00528. The Morgan fingerprint density at radius 1 is 0.788 bits per heavy atom. The van der Waals surface area contributed by atoms with Gasteiger partial charge in [0.2, 0.25) is 11.8 Å². The quantitative estimate of drug-likeness (QED) is 0.0486. The number of rotatable bonds is 18. The molecule has 0 spiro atoms. The van der Waals surface area contributed by atoms with E-state index in [4.69, 9.17) is 4.74 Å². The number of aromatic nitrogens is 4. The van der Waals surface area contributed by atoms with Crippen LogP contribution in [0.3, 0.4) is 0 Å². The van der Waals surface area contributed by atoms with Crippen LogP contribution in [0.15, 0.2) is 84.9 Å². The number of benzene rings is 3. The van der Waals surface area contributed by atoms with E-state index in [0.717, 1.165) is 11.1 Å². The number of esters is 1. The van der Waals surface area contributed by atoms with Gasteiger partial charge in [0, 0.05) is 50.8 Å². The van der Waals surface area contributed by atoms with Crippen LogP contribution in [-0.2, 0) is 25.7 Å². The summed E-state index contributed by atoms with van der Waals surface area (Å²) in [5.41, 5.74) is 3.75. The number of aromatic hydroxyl groups is 3. The molecule has 1 aliphatic rings. The first-order valence-electron chi connectivity index (χ1n) is 22.0. The first-order chi connectivity index (χ1) is 31.5. The number of nitrogens with zero attached hydrogens (tertiary/aromatic N) is 6. The van der Waals surface area contributed by atoms with Crippen molar-refractivity contribution in [2.75, 3.05) is 26.2 Å². The van der Waals surface area contributed by atoms with Crippen LogP contribution in [0.1, 0.15) is 81.4 Å². The summed E-state index contributed by atoms with van der Waals surface area (Å²) < 4.78 is 7.03. The summed E-state index contributed by atoms with van der Waals surface area (Å²) in [5, 5.41) is 64.7. The van der Waals surface area contributed by atoms with Gasteiger partial charge in [-0.25, -0.2) is 9.55 Å². The van der Waals surface area contributed by atoms with Crippen molar-refractivity contribution in [1.29, 1.82) is 0 Å². The lowest BCUT2D eigenvalue weighted by molar-refractivity contribution is -0.153. The molecule has 1 aliphatic heterocycles. The third-order valence-corrected chi connectivity index (χ3v) is 11.3. The highest BCUT2D eigenvalue weighted by atomic mass is 16.5. The largest absolute Gasteiger partial charge is 0.508 e. The Morgan fingerprint density at radius 3 is 2.14 bits per heavy atom. The molecule has 0 unspecified atom stereocenters. The number of carbonyl (C=O) groups is 4. The summed E-state index contributed by atoms with van der Waals surface area (Å²) in [6, 6.07) is 22.6. The topological polar surface area (TPSA) is 253 Å². The van der Waals surface area contributed by atoms with Crippen LogP contribution in [0.25, 0.3) is 28.3 Å². The molecule has 0 aliphatic carbocycles. The summed E-state index contributed by atoms with van der Waals surface area (Å²) in [5.74, 6) is -3.70. The molecule has 66 heavy (non-hydrogen) atoms. The Hall–Kier alpha value is -6.83. The molecule has 348 valence electrons. The van der Waals surface area contributed by atoms with E-state index in [9.17, 15) is 44.5 Å². The minimum atomic E-state index is -1.89. The summed E-state index contributed by atoms with van der Waals surface area (Å²) >= 11 is 0. The molecule has 3 atom stereocenters. The van der Waals surface area contributed by atoms with Crippen molar-refractivity contribution < 1.29 is 49.3 Å². The molecular weight excluding hydrogens is 847 g/mol. The summed E-state index contributed by atoms with van der Waals surface area (Å²) in [6.45, 7) is 11.5. The number of ether oxygens (including phenoxy) is 1. The van der Waals surface area contributed by atoms with Gasteiger partial charge in [-0.3, -0.25) is 24.1 Å². The lowest BCUT2D eigenvalue weighted by Crippen LogP contribution is -2.58. The van der Waals surface area contributed by atoms with Crippen LogP contribution in [0, 0.1) is 5.92 Å². The van der Waals surface area contributed by atoms with Crippen molar-refractivity contribution in [3.63, 3.8) is 0 Å². The summed E-state index contributed by atoms with van der Waals surface area (Å²) in [6.07, 6.45) is -1.43. The van der Waals surface area contributed by atoms with Gasteiger partial charge in [-0.15, -0.1) is 5.10 Å². The number of amides is 3. The third-order valence-electron chi connectivity index (χ3n) is 11.3. The van der Waals surface area contributed by atoms with Gasteiger partial charge in [0.05, 0.1) is 29.3 Å². The zero-order chi connectivity index (χ0) is 47.7. The number of phenolic OH excluding ortho intramolecular Hbond substituents is 2. The number of nitrogens with one attached hydrogen (secondary N) is 2. The maximum absolute atomic E-state index is 13.7. The third kappa shape index (κ3) is 12.3. The van der Waals surface area contributed by atoms with Crippen molar-refractivity contribution in [1.82, 2.24) is 40.2 Å². The molecule has 3 aromatic carbocycles. The zero-order valence-electron chi connectivity index (χ0n) is 37.7.